The third kappa shape index (κ3) is 4.14. The standard InChI is InChI=1S/C12H16O3/c1-2-4-10-5-3-6-12(7-10)15-9-11(14)8-13/h2-3,5-7,11,13-14H,1,4,8-9H2. The van der Waals surface area contributed by atoms with Gasteiger partial charge in [-0.05, 0) is 24.1 Å². The molecule has 0 radical (unpaired) electrons. The highest BCUT2D eigenvalue weighted by atomic mass is 16.5. The summed E-state index contributed by atoms with van der Waals surface area (Å²) >= 11 is 0. The number of hydrogen-bond acceptors (Lipinski definition) is 3. The van der Waals surface area contributed by atoms with E-state index >= 15 is 0 Å². The molecule has 1 aromatic rings. The van der Waals surface area contributed by atoms with Crippen LogP contribution in [0.4, 0.5) is 0 Å². The van der Waals surface area contributed by atoms with Crippen molar-refractivity contribution >= 4 is 0 Å². The minimum absolute atomic E-state index is 0.105. The van der Waals surface area contributed by atoms with Crippen LogP contribution in [-0.4, -0.2) is 29.5 Å². The number of benzene rings is 1. The summed E-state index contributed by atoms with van der Waals surface area (Å²) in [4.78, 5) is 0. The fourth-order valence-corrected chi connectivity index (χ4v) is 1.17. The van der Waals surface area contributed by atoms with E-state index in [1.807, 2.05) is 30.3 Å². The topological polar surface area (TPSA) is 49.7 Å². The number of aliphatic hydroxyl groups excluding tert-OH is 2. The average Bonchev–Trinajstić information content (AvgIpc) is 2.27. The minimum Gasteiger partial charge on any atom is -0.491 e. The third-order valence-electron chi connectivity index (χ3n) is 1.93. The van der Waals surface area contributed by atoms with Crippen molar-refractivity contribution in [2.75, 3.05) is 13.2 Å². The summed E-state index contributed by atoms with van der Waals surface area (Å²) in [6.45, 7) is 3.48. The van der Waals surface area contributed by atoms with E-state index < -0.39 is 6.10 Å². The van der Waals surface area contributed by atoms with Crippen molar-refractivity contribution in [1.82, 2.24) is 0 Å². The Bertz CT molecular complexity index is 309. The molecule has 0 saturated carbocycles. The smallest absolute Gasteiger partial charge is 0.119 e. The number of rotatable bonds is 6. The number of ether oxygens (including phenoxy) is 1. The molecule has 3 heteroatoms. The van der Waals surface area contributed by atoms with Gasteiger partial charge >= 0.3 is 0 Å². The van der Waals surface area contributed by atoms with E-state index in [9.17, 15) is 0 Å². The molecule has 0 fully saturated rings. The Hall–Kier alpha value is -1.32. The predicted octanol–water partition coefficient (Wildman–Crippen LogP) is 1.15. The lowest BCUT2D eigenvalue weighted by Crippen LogP contribution is -2.21. The minimum atomic E-state index is -0.826. The van der Waals surface area contributed by atoms with E-state index in [0.29, 0.717) is 5.75 Å². The molecule has 0 amide bonds. The summed E-state index contributed by atoms with van der Waals surface area (Å²) in [5, 5.41) is 17.7. The van der Waals surface area contributed by atoms with Gasteiger partial charge in [-0.15, -0.1) is 6.58 Å². The first-order valence-electron chi connectivity index (χ1n) is 4.88. The zero-order valence-corrected chi connectivity index (χ0v) is 8.60. The SMILES string of the molecule is C=CCc1cccc(OCC(O)CO)c1. The van der Waals surface area contributed by atoms with Crippen molar-refractivity contribution in [3.05, 3.63) is 42.5 Å². The van der Waals surface area contributed by atoms with Crippen LogP contribution in [0.1, 0.15) is 5.56 Å². The van der Waals surface area contributed by atoms with Gasteiger partial charge in [0.1, 0.15) is 18.5 Å². The molecule has 0 saturated heterocycles. The van der Waals surface area contributed by atoms with Crippen LogP contribution >= 0.6 is 0 Å². The molecule has 1 rings (SSSR count). The van der Waals surface area contributed by atoms with Gasteiger partial charge < -0.3 is 14.9 Å². The Morgan fingerprint density at radius 1 is 1.47 bits per heavy atom. The van der Waals surface area contributed by atoms with Gasteiger partial charge in [0.15, 0.2) is 0 Å². The van der Waals surface area contributed by atoms with Gasteiger partial charge in [-0.25, -0.2) is 0 Å². The molecule has 0 aliphatic heterocycles. The molecule has 0 aromatic heterocycles. The van der Waals surface area contributed by atoms with Gasteiger partial charge in [-0.3, -0.25) is 0 Å². The van der Waals surface area contributed by atoms with Crippen LogP contribution in [0.25, 0.3) is 0 Å². The van der Waals surface area contributed by atoms with Crippen LogP contribution in [-0.2, 0) is 6.42 Å². The molecule has 1 unspecified atom stereocenters. The summed E-state index contributed by atoms with van der Waals surface area (Å²) in [7, 11) is 0. The van der Waals surface area contributed by atoms with Crippen LogP contribution in [0.2, 0.25) is 0 Å². The summed E-state index contributed by atoms with van der Waals surface area (Å²) in [6, 6.07) is 7.58. The lowest BCUT2D eigenvalue weighted by molar-refractivity contribution is 0.0536. The second kappa shape index (κ2) is 6.22. The van der Waals surface area contributed by atoms with Crippen LogP contribution < -0.4 is 4.74 Å². The van der Waals surface area contributed by atoms with E-state index in [1.165, 1.54) is 0 Å². The van der Waals surface area contributed by atoms with E-state index in [1.54, 1.807) is 0 Å². The summed E-state index contributed by atoms with van der Waals surface area (Å²) < 4.78 is 5.30. The summed E-state index contributed by atoms with van der Waals surface area (Å²) in [5.74, 6) is 0.696. The molecule has 2 N–H and O–H groups in total. The Morgan fingerprint density at radius 2 is 2.27 bits per heavy atom. The number of aliphatic hydroxyl groups is 2. The Labute approximate surface area is 89.6 Å². The van der Waals surface area contributed by atoms with Gasteiger partial charge in [0.05, 0.1) is 6.61 Å². The van der Waals surface area contributed by atoms with Crippen LogP contribution in [0.5, 0.6) is 5.75 Å². The quantitative estimate of drug-likeness (QED) is 0.689. The highest BCUT2D eigenvalue weighted by Crippen LogP contribution is 2.14. The highest BCUT2D eigenvalue weighted by Gasteiger charge is 2.02. The van der Waals surface area contributed by atoms with E-state index in [2.05, 4.69) is 6.58 Å². The number of hydrogen-bond donors (Lipinski definition) is 2. The van der Waals surface area contributed by atoms with Gasteiger partial charge in [0, 0.05) is 0 Å². The van der Waals surface area contributed by atoms with Gasteiger partial charge in [-0.1, -0.05) is 18.2 Å². The Balaban J connectivity index is 2.53. The molecule has 3 nitrogen and oxygen atoms in total. The van der Waals surface area contributed by atoms with E-state index in [0.717, 1.165) is 12.0 Å². The maximum Gasteiger partial charge on any atom is 0.119 e. The van der Waals surface area contributed by atoms with E-state index in [4.69, 9.17) is 14.9 Å². The van der Waals surface area contributed by atoms with E-state index in [-0.39, 0.29) is 13.2 Å². The van der Waals surface area contributed by atoms with Gasteiger partial charge in [0.2, 0.25) is 0 Å². The third-order valence-corrected chi connectivity index (χ3v) is 1.93. The fourth-order valence-electron chi connectivity index (χ4n) is 1.17. The van der Waals surface area contributed by atoms with Crippen LogP contribution in [0.3, 0.4) is 0 Å². The maximum atomic E-state index is 9.10. The normalized spacial score (nSPS) is 12.1. The second-order valence-electron chi connectivity index (χ2n) is 3.29. The van der Waals surface area contributed by atoms with Gasteiger partial charge in [-0.2, -0.15) is 0 Å². The highest BCUT2D eigenvalue weighted by molar-refractivity contribution is 5.29. The molecule has 1 aromatic carbocycles. The molecule has 82 valence electrons. The van der Waals surface area contributed by atoms with Crippen molar-refractivity contribution in [2.24, 2.45) is 0 Å². The molecular weight excluding hydrogens is 192 g/mol. The van der Waals surface area contributed by atoms with Crippen molar-refractivity contribution in [2.45, 2.75) is 12.5 Å². The second-order valence-corrected chi connectivity index (χ2v) is 3.29. The Kier molecular flexibility index (Phi) is 4.87. The first-order valence-corrected chi connectivity index (χ1v) is 4.88. The summed E-state index contributed by atoms with van der Waals surface area (Å²) in [6.07, 6.45) is 1.79. The van der Waals surface area contributed by atoms with Crippen molar-refractivity contribution in [3.8, 4) is 5.75 Å². The van der Waals surface area contributed by atoms with Crippen molar-refractivity contribution in [3.63, 3.8) is 0 Å². The van der Waals surface area contributed by atoms with Gasteiger partial charge in [0.25, 0.3) is 0 Å². The Morgan fingerprint density at radius 3 is 2.93 bits per heavy atom. The molecule has 0 spiro atoms. The maximum absolute atomic E-state index is 9.10. The first kappa shape index (κ1) is 11.8. The molecule has 0 aliphatic rings. The monoisotopic (exact) mass is 208 g/mol. The number of allylic oxidation sites excluding steroid dienone is 1. The van der Waals surface area contributed by atoms with Crippen LogP contribution in [0, 0.1) is 0 Å². The molecule has 0 heterocycles. The predicted molar refractivity (Wildman–Crippen MR) is 58.9 cm³/mol. The molecule has 0 aliphatic carbocycles. The summed E-state index contributed by atoms with van der Waals surface area (Å²) in [5.41, 5.74) is 1.11. The lowest BCUT2D eigenvalue weighted by atomic mass is 10.1. The largest absolute Gasteiger partial charge is 0.491 e. The molecule has 0 bridgehead atoms. The zero-order valence-electron chi connectivity index (χ0n) is 8.60. The first-order chi connectivity index (χ1) is 7.26. The van der Waals surface area contributed by atoms with Crippen molar-refractivity contribution < 1.29 is 14.9 Å². The lowest BCUT2D eigenvalue weighted by Gasteiger charge is -2.10. The fraction of sp³-hybridized carbons (Fsp3) is 0.333. The van der Waals surface area contributed by atoms with Crippen molar-refractivity contribution in [1.29, 1.82) is 0 Å². The van der Waals surface area contributed by atoms with Crippen LogP contribution in [0.15, 0.2) is 36.9 Å². The molecule has 15 heavy (non-hydrogen) atoms. The average molecular weight is 208 g/mol. The zero-order chi connectivity index (χ0) is 11.1. The molecular formula is C12H16O3. The molecule has 1 atom stereocenters.